The van der Waals surface area contributed by atoms with Crippen molar-refractivity contribution < 1.29 is 9.53 Å². The van der Waals surface area contributed by atoms with Crippen molar-refractivity contribution >= 4 is 30.7 Å². The molecule has 1 saturated carbocycles. The van der Waals surface area contributed by atoms with Crippen molar-refractivity contribution in [1.29, 1.82) is 0 Å². The first-order valence-electron chi connectivity index (χ1n) is 9.49. The third-order valence-electron chi connectivity index (χ3n) is 5.78. The Kier molecular flexibility index (Phi) is 12.3. The van der Waals surface area contributed by atoms with E-state index in [0.717, 1.165) is 64.8 Å². The lowest BCUT2D eigenvalue weighted by Crippen LogP contribution is -2.58. The number of carbonyl (C=O) groups excluding carboxylic acids is 1. The number of halogens is 2. The molecule has 0 aromatic heterocycles. The summed E-state index contributed by atoms with van der Waals surface area (Å²) in [4.78, 5) is 15.1. The first kappa shape index (κ1) is 24.9. The highest BCUT2D eigenvalue weighted by molar-refractivity contribution is 5.86. The van der Waals surface area contributed by atoms with E-state index < -0.39 is 5.54 Å². The standard InChI is InChI=1S/C18H35N3O2.2ClH/c1-3-15(4-2)16(21-10-12-23-13-11-21)14-20-17(22)18(19)8-6-5-7-9-18;;/h15-16H,3-14,19H2,1-2H3,(H,20,22);2*1H. The molecule has 0 spiro atoms. The molecule has 0 aromatic carbocycles. The maximum absolute atomic E-state index is 12.6. The number of nitrogens with one attached hydrogen (secondary N) is 1. The van der Waals surface area contributed by atoms with Crippen molar-refractivity contribution in [2.24, 2.45) is 11.7 Å². The van der Waals surface area contributed by atoms with E-state index in [1.165, 1.54) is 6.42 Å². The zero-order valence-corrected chi connectivity index (χ0v) is 17.4. The van der Waals surface area contributed by atoms with Gasteiger partial charge in [0.2, 0.25) is 5.91 Å². The fraction of sp³-hybridized carbons (Fsp3) is 0.944. The minimum atomic E-state index is -0.637. The van der Waals surface area contributed by atoms with Crippen LogP contribution in [0.5, 0.6) is 0 Å². The summed E-state index contributed by atoms with van der Waals surface area (Å²) in [6.45, 7) is 8.72. The van der Waals surface area contributed by atoms with E-state index >= 15 is 0 Å². The summed E-state index contributed by atoms with van der Waals surface area (Å²) in [7, 11) is 0. The first-order valence-corrected chi connectivity index (χ1v) is 9.49. The van der Waals surface area contributed by atoms with Crippen molar-refractivity contribution in [3.05, 3.63) is 0 Å². The van der Waals surface area contributed by atoms with Gasteiger partial charge < -0.3 is 15.8 Å². The van der Waals surface area contributed by atoms with E-state index in [2.05, 4.69) is 24.1 Å². The Bertz CT molecular complexity index is 369. The van der Waals surface area contributed by atoms with Crippen LogP contribution in [0, 0.1) is 5.92 Å². The number of ether oxygens (including phenoxy) is 1. The summed E-state index contributed by atoms with van der Waals surface area (Å²) in [6.07, 6.45) is 7.28. The third kappa shape index (κ3) is 6.87. The monoisotopic (exact) mass is 397 g/mol. The van der Waals surface area contributed by atoms with E-state index in [4.69, 9.17) is 10.5 Å². The average molecular weight is 398 g/mol. The van der Waals surface area contributed by atoms with Crippen LogP contribution in [0.15, 0.2) is 0 Å². The molecule has 3 N–H and O–H groups in total. The maximum atomic E-state index is 12.6. The summed E-state index contributed by atoms with van der Waals surface area (Å²) < 4.78 is 5.48. The van der Waals surface area contributed by atoms with Crippen LogP contribution in [0.1, 0.15) is 58.8 Å². The Morgan fingerprint density at radius 3 is 2.20 bits per heavy atom. The molecule has 1 atom stereocenters. The van der Waals surface area contributed by atoms with Gasteiger partial charge in [0.15, 0.2) is 0 Å². The average Bonchev–Trinajstić information content (AvgIpc) is 2.59. The molecule has 25 heavy (non-hydrogen) atoms. The van der Waals surface area contributed by atoms with Crippen molar-refractivity contribution in [3.63, 3.8) is 0 Å². The lowest BCUT2D eigenvalue weighted by molar-refractivity contribution is -0.128. The Balaban J connectivity index is 0.00000288. The van der Waals surface area contributed by atoms with Crippen molar-refractivity contribution in [2.75, 3.05) is 32.8 Å². The molecule has 1 heterocycles. The normalized spacial score (nSPS) is 21.8. The Morgan fingerprint density at radius 2 is 1.68 bits per heavy atom. The molecular formula is C18H37Cl2N3O2. The van der Waals surface area contributed by atoms with Gasteiger partial charge in [-0.15, -0.1) is 24.8 Å². The molecule has 2 aliphatic rings. The highest BCUT2D eigenvalue weighted by Crippen LogP contribution is 2.26. The smallest absolute Gasteiger partial charge is 0.240 e. The van der Waals surface area contributed by atoms with Gasteiger partial charge in [0.1, 0.15) is 0 Å². The minimum Gasteiger partial charge on any atom is -0.379 e. The summed E-state index contributed by atoms with van der Waals surface area (Å²) >= 11 is 0. The lowest BCUT2D eigenvalue weighted by Gasteiger charge is -2.40. The topological polar surface area (TPSA) is 67.6 Å². The van der Waals surface area contributed by atoms with E-state index in [-0.39, 0.29) is 30.7 Å². The van der Waals surface area contributed by atoms with Crippen LogP contribution >= 0.6 is 24.8 Å². The predicted molar refractivity (Wildman–Crippen MR) is 108 cm³/mol. The van der Waals surface area contributed by atoms with Crippen LogP contribution in [0.25, 0.3) is 0 Å². The summed E-state index contributed by atoms with van der Waals surface area (Å²) in [6, 6.07) is 0.394. The Morgan fingerprint density at radius 1 is 1.12 bits per heavy atom. The van der Waals surface area contributed by atoms with Gasteiger partial charge in [-0.25, -0.2) is 0 Å². The second-order valence-corrected chi connectivity index (χ2v) is 7.22. The van der Waals surface area contributed by atoms with Crippen molar-refractivity contribution in [1.82, 2.24) is 10.2 Å². The number of amides is 1. The van der Waals surface area contributed by atoms with Gasteiger partial charge in [-0.2, -0.15) is 0 Å². The fourth-order valence-electron chi connectivity index (χ4n) is 4.12. The molecule has 0 aromatic rings. The van der Waals surface area contributed by atoms with E-state index in [1.807, 2.05) is 0 Å². The second-order valence-electron chi connectivity index (χ2n) is 7.22. The van der Waals surface area contributed by atoms with E-state index in [1.54, 1.807) is 0 Å². The molecule has 7 heteroatoms. The van der Waals surface area contributed by atoms with Crippen LogP contribution in [-0.2, 0) is 9.53 Å². The van der Waals surface area contributed by atoms with E-state index in [0.29, 0.717) is 18.5 Å². The Labute approximate surface area is 165 Å². The lowest BCUT2D eigenvalue weighted by atomic mass is 9.81. The van der Waals surface area contributed by atoms with Gasteiger partial charge in [0.05, 0.1) is 18.8 Å². The molecule has 1 aliphatic heterocycles. The summed E-state index contributed by atoms with van der Waals surface area (Å²) in [5.41, 5.74) is 5.73. The number of carbonyl (C=O) groups is 1. The van der Waals surface area contributed by atoms with Crippen LogP contribution in [0.2, 0.25) is 0 Å². The van der Waals surface area contributed by atoms with Gasteiger partial charge in [-0.1, -0.05) is 46.0 Å². The van der Waals surface area contributed by atoms with Crippen LogP contribution in [0.3, 0.4) is 0 Å². The van der Waals surface area contributed by atoms with Gasteiger partial charge in [0.25, 0.3) is 0 Å². The zero-order valence-electron chi connectivity index (χ0n) is 15.8. The molecule has 0 bridgehead atoms. The number of hydrogen-bond acceptors (Lipinski definition) is 4. The zero-order chi connectivity index (χ0) is 16.7. The molecule has 0 radical (unpaired) electrons. The largest absolute Gasteiger partial charge is 0.379 e. The molecule has 1 amide bonds. The molecule has 2 rings (SSSR count). The van der Waals surface area contributed by atoms with Crippen LogP contribution in [-0.4, -0.2) is 55.2 Å². The number of morpholine rings is 1. The summed E-state index contributed by atoms with van der Waals surface area (Å²) in [5, 5.41) is 3.19. The molecule has 1 aliphatic carbocycles. The molecule has 2 fully saturated rings. The maximum Gasteiger partial charge on any atom is 0.240 e. The molecule has 5 nitrogen and oxygen atoms in total. The first-order chi connectivity index (χ1) is 11.1. The van der Waals surface area contributed by atoms with Gasteiger partial charge in [-0.05, 0) is 18.8 Å². The van der Waals surface area contributed by atoms with E-state index in [9.17, 15) is 4.79 Å². The second kappa shape index (κ2) is 12.3. The molecular weight excluding hydrogens is 361 g/mol. The number of nitrogens with zero attached hydrogens (tertiary/aromatic N) is 1. The quantitative estimate of drug-likeness (QED) is 0.692. The SMILES string of the molecule is CCC(CC)C(CNC(=O)C1(N)CCCCC1)N1CCOCC1.Cl.Cl. The van der Waals surface area contributed by atoms with Gasteiger partial charge >= 0.3 is 0 Å². The number of rotatable bonds is 7. The third-order valence-corrected chi connectivity index (χ3v) is 5.78. The highest BCUT2D eigenvalue weighted by Gasteiger charge is 2.36. The Hall–Kier alpha value is -0.0700. The highest BCUT2D eigenvalue weighted by atomic mass is 35.5. The van der Waals surface area contributed by atoms with Crippen molar-refractivity contribution in [3.8, 4) is 0 Å². The number of nitrogens with two attached hydrogens (primary N) is 1. The van der Waals surface area contributed by atoms with Gasteiger partial charge in [0, 0.05) is 25.7 Å². The van der Waals surface area contributed by atoms with Gasteiger partial charge in [-0.3, -0.25) is 9.69 Å². The fourth-order valence-corrected chi connectivity index (χ4v) is 4.12. The number of hydrogen-bond donors (Lipinski definition) is 2. The molecule has 150 valence electrons. The predicted octanol–water partition coefficient (Wildman–Crippen LogP) is 2.74. The van der Waals surface area contributed by atoms with Crippen LogP contribution in [0.4, 0.5) is 0 Å². The molecule has 1 saturated heterocycles. The van der Waals surface area contributed by atoms with Crippen LogP contribution < -0.4 is 11.1 Å². The van der Waals surface area contributed by atoms with Crippen molar-refractivity contribution in [2.45, 2.75) is 70.4 Å². The summed E-state index contributed by atoms with van der Waals surface area (Å²) in [5.74, 6) is 0.662. The molecule has 1 unspecified atom stereocenters. The minimum absolute atomic E-state index is 0.